The molecule has 1 saturated heterocycles. The van der Waals surface area contributed by atoms with Gasteiger partial charge in [-0.3, -0.25) is 4.79 Å². The Morgan fingerprint density at radius 2 is 1.43 bits per heavy atom. The van der Waals surface area contributed by atoms with E-state index in [1.54, 1.807) is 37.4 Å². The molecule has 0 unspecified atom stereocenters. The third-order valence-corrected chi connectivity index (χ3v) is 6.32. The maximum Gasteiger partial charge on any atom is 0.323 e. The summed E-state index contributed by atoms with van der Waals surface area (Å²) in [7, 11) is 1.68. The van der Waals surface area contributed by atoms with E-state index in [0.717, 1.165) is 43.3 Å². The summed E-state index contributed by atoms with van der Waals surface area (Å²) in [5.74, 6) is 0.666. The van der Waals surface area contributed by atoms with E-state index in [1.165, 1.54) is 0 Å². The summed E-state index contributed by atoms with van der Waals surface area (Å²) in [4.78, 5) is 30.2. The van der Waals surface area contributed by atoms with Gasteiger partial charge in [-0.2, -0.15) is 0 Å². The number of amides is 3. The molecule has 1 aliphatic rings. The van der Waals surface area contributed by atoms with Crippen LogP contribution in [0, 0.1) is 0 Å². The largest absolute Gasteiger partial charge is 0.495 e. The van der Waals surface area contributed by atoms with Crippen molar-refractivity contribution in [2.75, 3.05) is 53.7 Å². The zero-order valence-corrected chi connectivity index (χ0v) is 22.0. The summed E-state index contributed by atoms with van der Waals surface area (Å²) in [6.45, 7) is 6.90. The minimum Gasteiger partial charge on any atom is -0.495 e. The van der Waals surface area contributed by atoms with Crippen LogP contribution >= 0.6 is 11.6 Å². The van der Waals surface area contributed by atoms with Crippen LogP contribution < -0.4 is 30.5 Å². The molecular formula is C28H32ClN5O3. The molecular weight excluding hydrogens is 490 g/mol. The van der Waals surface area contributed by atoms with Gasteiger partial charge in [0.25, 0.3) is 5.91 Å². The van der Waals surface area contributed by atoms with Crippen molar-refractivity contribution < 1.29 is 14.3 Å². The maximum atomic E-state index is 13.1. The monoisotopic (exact) mass is 521 g/mol. The van der Waals surface area contributed by atoms with Gasteiger partial charge >= 0.3 is 6.03 Å². The highest BCUT2D eigenvalue weighted by Gasteiger charge is 2.24. The number of nitrogens with one attached hydrogen (secondary N) is 3. The lowest BCUT2D eigenvalue weighted by Crippen LogP contribution is -2.47. The third-order valence-electron chi connectivity index (χ3n) is 6.07. The van der Waals surface area contributed by atoms with E-state index >= 15 is 0 Å². The van der Waals surface area contributed by atoms with Crippen molar-refractivity contribution in [2.45, 2.75) is 19.9 Å². The molecule has 8 nitrogen and oxygen atoms in total. The number of hydrogen-bond donors (Lipinski definition) is 3. The zero-order chi connectivity index (χ0) is 26.4. The summed E-state index contributed by atoms with van der Waals surface area (Å²) < 4.78 is 5.53. The fourth-order valence-electron chi connectivity index (χ4n) is 4.32. The number of hydrogen-bond acceptors (Lipinski definition) is 5. The minimum absolute atomic E-state index is 0.0208. The molecule has 0 aromatic heterocycles. The first-order chi connectivity index (χ1) is 17.8. The van der Waals surface area contributed by atoms with Crippen molar-refractivity contribution in [1.29, 1.82) is 0 Å². The number of benzene rings is 3. The highest BCUT2D eigenvalue weighted by Crippen LogP contribution is 2.31. The maximum absolute atomic E-state index is 13.1. The smallest absolute Gasteiger partial charge is 0.323 e. The van der Waals surface area contributed by atoms with E-state index in [1.807, 2.05) is 44.2 Å². The Morgan fingerprint density at radius 3 is 2.08 bits per heavy atom. The number of para-hydroxylation sites is 2. The van der Waals surface area contributed by atoms with Gasteiger partial charge < -0.3 is 30.5 Å². The Hall–Kier alpha value is -3.91. The number of nitrogens with zero attached hydrogens (tertiary/aromatic N) is 2. The Balaban J connectivity index is 1.50. The number of methoxy groups -OCH3 is 1. The molecule has 1 aliphatic heterocycles. The van der Waals surface area contributed by atoms with Gasteiger partial charge in [0.05, 0.1) is 18.4 Å². The van der Waals surface area contributed by atoms with Crippen LogP contribution in [0.4, 0.5) is 27.5 Å². The van der Waals surface area contributed by atoms with Gasteiger partial charge in [0.2, 0.25) is 0 Å². The lowest BCUT2D eigenvalue weighted by molar-refractivity contribution is 0.0943. The van der Waals surface area contributed by atoms with Gasteiger partial charge in [0.15, 0.2) is 0 Å². The molecule has 0 radical (unpaired) electrons. The number of rotatable bonds is 7. The van der Waals surface area contributed by atoms with E-state index in [0.29, 0.717) is 22.0 Å². The van der Waals surface area contributed by atoms with Gasteiger partial charge in [-0.05, 0) is 68.4 Å². The van der Waals surface area contributed by atoms with E-state index in [9.17, 15) is 9.59 Å². The lowest BCUT2D eigenvalue weighted by Gasteiger charge is -2.38. The highest BCUT2D eigenvalue weighted by atomic mass is 35.5. The Kier molecular flexibility index (Phi) is 8.40. The van der Waals surface area contributed by atoms with Gasteiger partial charge in [-0.15, -0.1) is 0 Å². The summed E-state index contributed by atoms with van der Waals surface area (Å²) >= 11 is 5.91. The van der Waals surface area contributed by atoms with Crippen LogP contribution in [0.3, 0.4) is 0 Å². The molecule has 194 valence electrons. The first kappa shape index (κ1) is 26.2. The van der Waals surface area contributed by atoms with Gasteiger partial charge in [-0.25, -0.2) is 4.79 Å². The van der Waals surface area contributed by atoms with Crippen LogP contribution in [0.25, 0.3) is 0 Å². The summed E-state index contributed by atoms with van der Waals surface area (Å²) in [6.07, 6.45) is 0. The zero-order valence-electron chi connectivity index (χ0n) is 21.3. The number of urea groups is 1. The normalized spacial score (nSPS) is 13.3. The fraction of sp³-hybridized carbons (Fsp3) is 0.286. The van der Waals surface area contributed by atoms with Crippen LogP contribution in [0.15, 0.2) is 66.7 Å². The van der Waals surface area contributed by atoms with Crippen molar-refractivity contribution in [3.05, 3.63) is 77.3 Å². The Bertz CT molecular complexity index is 1240. The molecule has 3 aromatic carbocycles. The SMILES string of the molecule is COc1ccccc1N1CCN(c2ccc(NC(=O)Nc3ccc(Cl)cc3)cc2C(=O)NC(C)C)CC1. The molecule has 3 amide bonds. The Morgan fingerprint density at radius 1 is 0.838 bits per heavy atom. The highest BCUT2D eigenvalue weighted by molar-refractivity contribution is 6.30. The van der Waals surface area contributed by atoms with E-state index in [2.05, 4.69) is 31.8 Å². The number of carbonyl (C=O) groups excluding carboxylic acids is 2. The lowest BCUT2D eigenvalue weighted by atomic mass is 10.1. The molecule has 0 aliphatic carbocycles. The second-order valence-corrected chi connectivity index (χ2v) is 9.53. The molecule has 1 heterocycles. The first-order valence-electron chi connectivity index (χ1n) is 12.3. The van der Waals surface area contributed by atoms with Crippen molar-refractivity contribution in [3.63, 3.8) is 0 Å². The van der Waals surface area contributed by atoms with Gasteiger partial charge in [0.1, 0.15) is 5.75 Å². The topological polar surface area (TPSA) is 85.9 Å². The molecule has 1 fully saturated rings. The van der Waals surface area contributed by atoms with E-state index < -0.39 is 6.03 Å². The minimum atomic E-state index is -0.407. The molecule has 9 heteroatoms. The average molecular weight is 522 g/mol. The number of anilines is 4. The standard InChI is InChI=1S/C28H32ClN5O3/c1-19(2)30-27(35)23-18-22(32-28(36)31-21-10-8-20(29)9-11-21)12-13-24(23)33-14-16-34(17-15-33)25-6-4-5-7-26(25)37-3/h4-13,18-19H,14-17H2,1-3H3,(H,30,35)(H2,31,32,36). The quantitative estimate of drug-likeness (QED) is 0.384. The van der Waals surface area contributed by atoms with E-state index in [-0.39, 0.29) is 11.9 Å². The van der Waals surface area contributed by atoms with Crippen LogP contribution in [0.2, 0.25) is 5.02 Å². The van der Waals surface area contributed by atoms with Crippen LogP contribution in [-0.4, -0.2) is 51.3 Å². The van der Waals surface area contributed by atoms with Crippen LogP contribution in [-0.2, 0) is 0 Å². The first-order valence-corrected chi connectivity index (χ1v) is 12.6. The second kappa shape index (κ2) is 11.9. The summed E-state index contributed by atoms with van der Waals surface area (Å²) in [5, 5.41) is 9.16. The number of ether oxygens (including phenoxy) is 1. The average Bonchev–Trinajstić information content (AvgIpc) is 2.89. The van der Waals surface area contributed by atoms with Crippen LogP contribution in [0.1, 0.15) is 24.2 Å². The van der Waals surface area contributed by atoms with Crippen molar-refractivity contribution in [1.82, 2.24) is 5.32 Å². The van der Waals surface area contributed by atoms with Gasteiger partial charge in [-0.1, -0.05) is 23.7 Å². The molecule has 37 heavy (non-hydrogen) atoms. The molecule has 3 N–H and O–H groups in total. The predicted octanol–water partition coefficient (Wildman–Crippen LogP) is 5.46. The van der Waals surface area contributed by atoms with Crippen molar-refractivity contribution in [2.24, 2.45) is 0 Å². The fourth-order valence-corrected chi connectivity index (χ4v) is 4.44. The number of halogens is 1. The van der Waals surface area contributed by atoms with Gasteiger partial charge in [0, 0.05) is 54.3 Å². The molecule has 0 saturated carbocycles. The number of carbonyl (C=O) groups is 2. The van der Waals surface area contributed by atoms with Crippen LogP contribution in [0.5, 0.6) is 5.75 Å². The second-order valence-electron chi connectivity index (χ2n) is 9.09. The van der Waals surface area contributed by atoms with Crippen molar-refractivity contribution >= 4 is 46.3 Å². The number of piperazine rings is 1. The summed E-state index contributed by atoms with van der Waals surface area (Å²) in [5.41, 5.74) is 3.56. The molecule has 0 spiro atoms. The third kappa shape index (κ3) is 6.65. The molecule has 3 aromatic rings. The molecule has 0 bridgehead atoms. The predicted molar refractivity (Wildman–Crippen MR) is 151 cm³/mol. The van der Waals surface area contributed by atoms with Crippen molar-refractivity contribution in [3.8, 4) is 5.75 Å². The molecule has 0 atom stereocenters. The molecule has 4 rings (SSSR count). The van der Waals surface area contributed by atoms with E-state index in [4.69, 9.17) is 16.3 Å². The Labute approximate surface area is 222 Å². The summed E-state index contributed by atoms with van der Waals surface area (Å²) in [6, 6.07) is 19.8.